The van der Waals surface area contributed by atoms with E-state index in [-0.39, 0.29) is 22.4 Å². The highest BCUT2D eigenvalue weighted by molar-refractivity contribution is 7.98. The van der Waals surface area contributed by atoms with Crippen molar-refractivity contribution in [3.05, 3.63) is 124 Å². The first-order chi connectivity index (χ1) is 36.7. The largest absolute Gasteiger partial charge is 0.758 e. The number of hydroxylamine groups is 1. The van der Waals surface area contributed by atoms with Crippen molar-refractivity contribution in [3.8, 4) is 17.2 Å². The molecule has 1 spiro atoms. The molecule has 1 unspecified atom stereocenters. The molecule has 1 amide bonds. The van der Waals surface area contributed by atoms with Gasteiger partial charge in [0.1, 0.15) is 34.5 Å². The number of fused-ring (bicyclic) bond motifs is 1. The van der Waals surface area contributed by atoms with E-state index in [2.05, 4.69) is 90.1 Å². The minimum absolute atomic E-state index is 0.269. The number of nitrogens with zero attached hydrogens (tertiary/aromatic N) is 7. The molecule has 15 nitrogen and oxygen atoms in total. The van der Waals surface area contributed by atoms with Gasteiger partial charge in [0.15, 0.2) is 0 Å². The molecule has 4 aromatic heterocycles. The van der Waals surface area contributed by atoms with E-state index in [0.717, 1.165) is 112 Å². The van der Waals surface area contributed by atoms with E-state index < -0.39 is 17.3 Å². The van der Waals surface area contributed by atoms with Crippen LogP contribution in [0.2, 0.25) is 0 Å². The van der Waals surface area contributed by atoms with Gasteiger partial charge in [-0.2, -0.15) is 0 Å². The Morgan fingerprint density at radius 2 is 1.74 bits per heavy atom. The number of aliphatic hydroxyl groups is 1. The maximum atomic E-state index is 14.8. The molecule has 3 aliphatic carbocycles. The third-order valence-electron chi connectivity index (χ3n) is 17.1. The van der Waals surface area contributed by atoms with Crippen LogP contribution >= 0.6 is 11.9 Å². The van der Waals surface area contributed by atoms with Crippen molar-refractivity contribution in [1.29, 1.82) is 0 Å². The normalized spacial score (nSPS) is 22.2. The highest BCUT2D eigenvalue weighted by atomic mass is 32.2. The summed E-state index contributed by atoms with van der Waals surface area (Å²) in [6, 6.07) is 21.0. The summed E-state index contributed by atoms with van der Waals surface area (Å²) in [4.78, 5) is 39.2. The van der Waals surface area contributed by atoms with Gasteiger partial charge in [0, 0.05) is 105 Å². The summed E-state index contributed by atoms with van der Waals surface area (Å²) < 4.78 is 30.0. The number of methoxy groups -OCH3 is 1. The first-order valence-electron chi connectivity index (χ1n) is 27.3. The summed E-state index contributed by atoms with van der Waals surface area (Å²) in [5, 5.41) is 27.5. The van der Waals surface area contributed by atoms with E-state index in [9.17, 15) is 19.5 Å². The Hall–Kier alpha value is -5.98. The van der Waals surface area contributed by atoms with Crippen molar-refractivity contribution >= 4 is 46.1 Å². The molecule has 0 radical (unpaired) electrons. The molecule has 6 heterocycles. The van der Waals surface area contributed by atoms with Gasteiger partial charge < -0.3 is 40.1 Å². The first-order valence-corrected chi connectivity index (χ1v) is 28.2. The number of benzene rings is 2. The molecule has 2 aliphatic heterocycles. The summed E-state index contributed by atoms with van der Waals surface area (Å²) in [5.74, 6) is 2.58. The van der Waals surface area contributed by atoms with Gasteiger partial charge in [-0.1, -0.05) is 38.1 Å². The molecule has 1 atom stereocenters. The molecule has 2 saturated heterocycles. The average molecular weight is 1050 g/mol. The van der Waals surface area contributed by atoms with Crippen LogP contribution in [-0.4, -0.2) is 106 Å². The van der Waals surface area contributed by atoms with Crippen molar-refractivity contribution < 1.29 is 23.8 Å². The van der Waals surface area contributed by atoms with Crippen molar-refractivity contribution in [2.75, 3.05) is 68.7 Å². The highest BCUT2D eigenvalue weighted by Crippen LogP contribution is 2.54. The summed E-state index contributed by atoms with van der Waals surface area (Å²) in [6.45, 7) is 12.6. The zero-order valence-electron chi connectivity index (χ0n) is 44.5. The quantitative estimate of drug-likeness (QED) is 0.0502. The fourth-order valence-corrected chi connectivity index (χ4v) is 13.0. The van der Waals surface area contributed by atoms with Gasteiger partial charge in [0.2, 0.25) is 0 Å². The number of pyridine rings is 3. The Morgan fingerprint density at radius 3 is 2.49 bits per heavy atom. The van der Waals surface area contributed by atoms with Crippen LogP contribution in [0, 0.1) is 22.4 Å². The number of anilines is 3. The number of ether oxygens (including phenoxy) is 2. The Morgan fingerprint density at radius 1 is 0.947 bits per heavy atom. The maximum absolute atomic E-state index is 14.8. The molecule has 17 heteroatoms. The van der Waals surface area contributed by atoms with Gasteiger partial charge in [-0.15, -0.1) is 0 Å². The second-order valence-corrected chi connectivity index (χ2v) is 23.8. The zero-order valence-corrected chi connectivity index (χ0v) is 45.3. The van der Waals surface area contributed by atoms with Gasteiger partial charge in [-0.25, -0.2) is 14.4 Å². The predicted octanol–water partition coefficient (Wildman–Crippen LogP) is 11.3. The number of halogens is 1. The minimum atomic E-state index is -0.623. The lowest BCUT2D eigenvalue weighted by Crippen LogP contribution is -2.60. The highest BCUT2D eigenvalue weighted by Gasteiger charge is 2.50. The average Bonchev–Trinajstić information content (AvgIpc) is 4.23. The van der Waals surface area contributed by atoms with Crippen LogP contribution in [0.1, 0.15) is 136 Å². The molecular weight excluding hydrogens is 980 g/mol. The van der Waals surface area contributed by atoms with Crippen LogP contribution in [0.5, 0.6) is 17.2 Å². The fourth-order valence-electron chi connectivity index (χ4n) is 12.4. The van der Waals surface area contributed by atoms with Crippen LogP contribution in [0.25, 0.3) is 11.0 Å². The van der Waals surface area contributed by atoms with Crippen LogP contribution in [0.3, 0.4) is 0 Å². The number of hydrogen-bond donors (Lipinski definition) is 4. The van der Waals surface area contributed by atoms with E-state index >= 15 is 0 Å². The van der Waals surface area contributed by atoms with Crippen LogP contribution in [0.4, 0.5) is 21.6 Å². The number of nitrogens with one attached hydrogen (secondary N) is 3. The van der Waals surface area contributed by atoms with Gasteiger partial charge in [0.25, 0.3) is 5.91 Å². The number of piperazine rings is 1. The number of aromatic nitrogens is 4. The lowest BCUT2D eigenvalue weighted by molar-refractivity contribution is -0.0629. The number of H-pyrrole nitrogens is 1. The lowest BCUT2D eigenvalue weighted by atomic mass is 9.59. The van der Waals surface area contributed by atoms with E-state index in [1.54, 1.807) is 31.5 Å². The number of piperidine rings is 1. The van der Waals surface area contributed by atoms with Crippen molar-refractivity contribution in [2.45, 2.75) is 126 Å². The third-order valence-corrected chi connectivity index (χ3v) is 17.9. The Kier molecular flexibility index (Phi) is 14.9. The number of carbonyl (C=O) groups excluding carboxylic acids is 1. The number of rotatable bonds is 17. The molecule has 5 aliphatic rings. The van der Waals surface area contributed by atoms with E-state index in [1.807, 2.05) is 19.1 Å². The molecule has 3 saturated carbocycles. The second kappa shape index (κ2) is 21.8. The first kappa shape index (κ1) is 52.1. The number of carbonyl (C=O) groups is 1. The molecule has 402 valence electrons. The minimum Gasteiger partial charge on any atom is -0.758 e. The maximum Gasteiger partial charge on any atom is 0.265 e. The molecule has 0 bridgehead atoms. The van der Waals surface area contributed by atoms with E-state index in [1.165, 1.54) is 61.8 Å². The summed E-state index contributed by atoms with van der Waals surface area (Å²) in [5.41, 5.74) is 6.81. The molecule has 4 N–H and O–H groups in total. The van der Waals surface area contributed by atoms with Crippen LogP contribution < -0.4 is 29.5 Å². The standard InChI is InChI=1S/C59H72FN10O5S/c1-37(2)45-8-6-7-9-46(45)52-36-68(35-40-24-53(74-5)49(33-61-40)39-10-11-39)22-23-70(52)42-28-59(29-42)18-20-69(21-19-59)41-12-13-47(54(25-41)75-43-26-48-50(60)34-65-55(48)63-31-43)57(71)66-76-44-27-51(67(4)73)56(64-32-44)62-30-38-14-16-58(3,72)17-15-38/h6-9,12-13,24-27,31-34,37-39,42,52,72H,10-11,14-23,28-30,35-36H2,1-5H3,(H,62,64)(H,63,65)(H,66,71)/q-1. The summed E-state index contributed by atoms with van der Waals surface area (Å²) in [7, 11) is 3.20. The van der Waals surface area contributed by atoms with Gasteiger partial charge in [0.05, 0.1) is 41.2 Å². The third kappa shape index (κ3) is 11.4. The van der Waals surface area contributed by atoms with E-state index in [4.69, 9.17) is 14.5 Å². The Balaban J connectivity index is 0.762. The molecule has 11 rings (SSSR count). The molecular formula is C59H72FN10O5S-. The second-order valence-electron chi connectivity index (χ2n) is 22.9. The Bertz CT molecular complexity index is 3030. The van der Waals surface area contributed by atoms with Crippen LogP contribution in [0.15, 0.2) is 90.3 Å². The predicted molar refractivity (Wildman–Crippen MR) is 298 cm³/mol. The molecule has 76 heavy (non-hydrogen) atoms. The van der Waals surface area contributed by atoms with Gasteiger partial charge in [-0.3, -0.25) is 24.3 Å². The van der Waals surface area contributed by atoms with E-state index in [0.29, 0.717) is 63.9 Å². The summed E-state index contributed by atoms with van der Waals surface area (Å²) in [6.07, 6.45) is 16.6. The molecule has 2 aromatic carbocycles. The van der Waals surface area contributed by atoms with Crippen molar-refractivity contribution in [3.63, 3.8) is 0 Å². The number of aromatic amines is 1. The fraction of sp³-hybridized carbons (Fsp3) is 0.492. The van der Waals surface area contributed by atoms with Crippen molar-refractivity contribution in [2.24, 2.45) is 11.3 Å². The topological polar surface area (TPSA) is 170 Å². The molecule has 6 aromatic rings. The number of hydrogen-bond acceptors (Lipinski definition) is 14. The number of amides is 1. The Labute approximate surface area is 450 Å². The lowest BCUT2D eigenvalue weighted by Gasteiger charge is -2.58. The summed E-state index contributed by atoms with van der Waals surface area (Å²) >= 11 is 1.06. The smallest absolute Gasteiger partial charge is 0.265 e. The zero-order chi connectivity index (χ0) is 52.7. The monoisotopic (exact) mass is 1050 g/mol. The van der Waals surface area contributed by atoms with Crippen LogP contribution in [-0.2, 0) is 6.54 Å². The van der Waals surface area contributed by atoms with Gasteiger partial charge in [-0.05, 0) is 149 Å². The molecule has 5 fully saturated rings. The van der Waals surface area contributed by atoms with Gasteiger partial charge >= 0.3 is 0 Å². The SMILES string of the molecule is COc1cc(CN2CCN(C3CC4(CCN(c5ccc(C(=O)NSc6cnc(NCC7CCC(C)(O)CC7)c(N(C)[O-])c6)c(Oc6cnc7[nH]cc(F)c7c6)c5)CC4)C3)C(c3ccccc3C(C)C)C2)ncc1C1CC1. The van der Waals surface area contributed by atoms with Crippen molar-refractivity contribution in [1.82, 2.24) is 34.5 Å².